The van der Waals surface area contributed by atoms with Crippen molar-refractivity contribution < 1.29 is 9.53 Å². The summed E-state index contributed by atoms with van der Waals surface area (Å²) < 4.78 is 5.52. The van der Waals surface area contributed by atoms with Crippen molar-refractivity contribution in [1.29, 1.82) is 0 Å². The quantitative estimate of drug-likeness (QED) is 0.858. The highest BCUT2D eigenvalue weighted by Gasteiger charge is 2.27. The third-order valence-corrected chi connectivity index (χ3v) is 6.03. The van der Waals surface area contributed by atoms with Gasteiger partial charge in [0, 0.05) is 37.8 Å². The van der Waals surface area contributed by atoms with Crippen LogP contribution in [0.3, 0.4) is 0 Å². The first-order valence-corrected chi connectivity index (χ1v) is 10.1. The lowest BCUT2D eigenvalue weighted by molar-refractivity contribution is -0.126. The highest BCUT2D eigenvalue weighted by atomic mass is 32.2. The standard InChI is InChI=1S/C19H28N2O2S/c1-15(21-8-11-24-12-9-21)19(22)20-18(13-16-7-10-23-14-16)17-5-3-2-4-6-17/h2-6,15-16,18H,7-14H2,1H3,(H,20,22)/t15-,16-,18-/m1/s1. The second kappa shape index (κ2) is 8.88. The molecular weight excluding hydrogens is 320 g/mol. The summed E-state index contributed by atoms with van der Waals surface area (Å²) in [7, 11) is 0. The molecule has 0 aromatic heterocycles. The summed E-state index contributed by atoms with van der Waals surface area (Å²) in [4.78, 5) is 15.1. The van der Waals surface area contributed by atoms with E-state index in [-0.39, 0.29) is 18.0 Å². The Morgan fingerprint density at radius 1 is 1.33 bits per heavy atom. The van der Waals surface area contributed by atoms with E-state index in [4.69, 9.17) is 4.74 Å². The third kappa shape index (κ3) is 4.74. The monoisotopic (exact) mass is 348 g/mol. The summed E-state index contributed by atoms with van der Waals surface area (Å²) in [5, 5.41) is 3.31. The minimum absolute atomic E-state index is 0.0584. The Kier molecular flexibility index (Phi) is 6.58. The lowest BCUT2D eigenvalue weighted by Gasteiger charge is -2.32. The molecule has 2 saturated heterocycles. The first kappa shape index (κ1) is 17.8. The van der Waals surface area contributed by atoms with Crippen molar-refractivity contribution in [3.05, 3.63) is 35.9 Å². The smallest absolute Gasteiger partial charge is 0.237 e. The Balaban J connectivity index is 1.64. The average Bonchev–Trinajstić information content (AvgIpc) is 3.15. The molecule has 2 aliphatic heterocycles. The molecule has 1 aromatic rings. The number of benzene rings is 1. The van der Waals surface area contributed by atoms with Gasteiger partial charge in [0.05, 0.1) is 12.1 Å². The summed E-state index contributed by atoms with van der Waals surface area (Å²) in [6, 6.07) is 10.4. The molecule has 4 nitrogen and oxygen atoms in total. The first-order chi connectivity index (χ1) is 11.7. The van der Waals surface area contributed by atoms with Crippen LogP contribution in [-0.2, 0) is 9.53 Å². The fourth-order valence-electron chi connectivity index (χ4n) is 3.49. The van der Waals surface area contributed by atoms with Crippen LogP contribution in [0.25, 0.3) is 0 Å². The molecule has 2 heterocycles. The Hall–Kier alpha value is -1.04. The van der Waals surface area contributed by atoms with Gasteiger partial charge >= 0.3 is 0 Å². The van der Waals surface area contributed by atoms with Gasteiger partial charge in [0.1, 0.15) is 0 Å². The summed E-state index contributed by atoms with van der Waals surface area (Å²) in [6.45, 7) is 5.71. The van der Waals surface area contributed by atoms with Gasteiger partial charge in [-0.15, -0.1) is 0 Å². The van der Waals surface area contributed by atoms with Crippen molar-refractivity contribution >= 4 is 17.7 Å². The Bertz CT molecular complexity index is 513. The highest BCUT2D eigenvalue weighted by molar-refractivity contribution is 7.99. The fourth-order valence-corrected chi connectivity index (χ4v) is 4.42. The largest absolute Gasteiger partial charge is 0.381 e. The van der Waals surface area contributed by atoms with E-state index in [2.05, 4.69) is 22.3 Å². The zero-order valence-electron chi connectivity index (χ0n) is 14.4. The number of rotatable bonds is 6. The summed E-state index contributed by atoms with van der Waals surface area (Å²) in [5.74, 6) is 2.94. The van der Waals surface area contributed by atoms with Crippen LogP contribution in [0.4, 0.5) is 0 Å². The van der Waals surface area contributed by atoms with E-state index in [1.807, 2.05) is 36.9 Å². The number of ether oxygens (including phenoxy) is 1. The van der Waals surface area contributed by atoms with Gasteiger partial charge < -0.3 is 10.1 Å². The number of hydrogen-bond acceptors (Lipinski definition) is 4. The molecule has 0 aliphatic carbocycles. The molecule has 1 aromatic carbocycles. The Labute approximate surface area is 149 Å². The molecule has 0 bridgehead atoms. The average molecular weight is 349 g/mol. The lowest BCUT2D eigenvalue weighted by atomic mass is 9.94. The van der Waals surface area contributed by atoms with Crippen LogP contribution in [0, 0.1) is 5.92 Å². The topological polar surface area (TPSA) is 41.6 Å². The number of carbonyl (C=O) groups excluding carboxylic acids is 1. The van der Waals surface area contributed by atoms with Crippen LogP contribution in [-0.4, -0.2) is 54.7 Å². The van der Waals surface area contributed by atoms with Crippen molar-refractivity contribution in [3.8, 4) is 0 Å². The van der Waals surface area contributed by atoms with Crippen molar-refractivity contribution in [2.24, 2.45) is 5.92 Å². The molecule has 0 unspecified atom stereocenters. The van der Waals surface area contributed by atoms with E-state index in [1.165, 1.54) is 5.56 Å². The SMILES string of the molecule is C[C@H](C(=O)N[C@H](C[C@H]1CCOC1)c1ccccc1)N1CCSCC1. The van der Waals surface area contributed by atoms with E-state index < -0.39 is 0 Å². The van der Waals surface area contributed by atoms with Crippen LogP contribution < -0.4 is 5.32 Å². The first-order valence-electron chi connectivity index (χ1n) is 8.99. The van der Waals surface area contributed by atoms with E-state index in [1.54, 1.807) is 0 Å². The number of amides is 1. The fraction of sp³-hybridized carbons (Fsp3) is 0.632. The van der Waals surface area contributed by atoms with Crippen LogP contribution >= 0.6 is 11.8 Å². The number of nitrogens with zero attached hydrogens (tertiary/aromatic N) is 1. The van der Waals surface area contributed by atoms with Crippen LogP contribution in [0.1, 0.15) is 31.4 Å². The molecule has 2 fully saturated rings. The van der Waals surface area contributed by atoms with Crippen LogP contribution in [0.5, 0.6) is 0 Å². The van der Waals surface area contributed by atoms with Gasteiger partial charge in [0.25, 0.3) is 0 Å². The maximum Gasteiger partial charge on any atom is 0.237 e. The molecule has 132 valence electrons. The predicted molar refractivity (Wildman–Crippen MR) is 99.2 cm³/mol. The zero-order valence-corrected chi connectivity index (χ0v) is 15.3. The minimum atomic E-state index is -0.0584. The maximum atomic E-state index is 12.8. The van der Waals surface area contributed by atoms with Gasteiger partial charge in [-0.2, -0.15) is 11.8 Å². The number of nitrogens with one attached hydrogen (secondary N) is 1. The van der Waals surface area contributed by atoms with Gasteiger partial charge in [0.15, 0.2) is 0 Å². The second-order valence-electron chi connectivity index (χ2n) is 6.76. The van der Waals surface area contributed by atoms with Crippen LogP contribution in [0.2, 0.25) is 0 Å². The molecule has 2 aliphatic rings. The number of carbonyl (C=O) groups is 1. The van der Waals surface area contributed by atoms with Gasteiger partial charge in [0.2, 0.25) is 5.91 Å². The van der Waals surface area contributed by atoms with Crippen molar-refractivity contribution in [1.82, 2.24) is 10.2 Å². The normalized spacial score (nSPS) is 24.5. The molecule has 1 N–H and O–H groups in total. The van der Waals surface area contributed by atoms with Crippen LogP contribution in [0.15, 0.2) is 30.3 Å². The molecule has 5 heteroatoms. The summed E-state index contributed by atoms with van der Waals surface area (Å²) in [5.41, 5.74) is 1.19. The molecule has 24 heavy (non-hydrogen) atoms. The predicted octanol–water partition coefficient (Wildman–Crippen LogP) is 2.71. The van der Waals surface area contributed by atoms with Crippen molar-refractivity contribution in [3.63, 3.8) is 0 Å². The molecule has 3 atom stereocenters. The van der Waals surface area contributed by atoms with E-state index in [0.29, 0.717) is 5.92 Å². The van der Waals surface area contributed by atoms with E-state index in [9.17, 15) is 4.79 Å². The Morgan fingerprint density at radius 3 is 2.75 bits per heavy atom. The van der Waals surface area contributed by atoms with E-state index in [0.717, 1.165) is 50.7 Å². The summed E-state index contributed by atoms with van der Waals surface area (Å²) in [6.07, 6.45) is 2.05. The zero-order chi connectivity index (χ0) is 16.8. The molecular formula is C19H28N2O2S. The maximum absolute atomic E-state index is 12.8. The Morgan fingerprint density at radius 2 is 2.08 bits per heavy atom. The van der Waals surface area contributed by atoms with E-state index >= 15 is 0 Å². The molecule has 3 rings (SSSR count). The van der Waals surface area contributed by atoms with Crippen molar-refractivity contribution in [2.45, 2.75) is 31.8 Å². The van der Waals surface area contributed by atoms with Gasteiger partial charge in [-0.1, -0.05) is 30.3 Å². The summed E-state index contributed by atoms with van der Waals surface area (Å²) >= 11 is 1.97. The van der Waals surface area contributed by atoms with Gasteiger partial charge in [-0.3, -0.25) is 9.69 Å². The van der Waals surface area contributed by atoms with Gasteiger partial charge in [-0.05, 0) is 31.2 Å². The number of hydrogen-bond donors (Lipinski definition) is 1. The lowest BCUT2D eigenvalue weighted by Crippen LogP contribution is -2.49. The molecule has 0 radical (unpaired) electrons. The third-order valence-electron chi connectivity index (χ3n) is 5.08. The molecule has 0 saturated carbocycles. The molecule has 0 spiro atoms. The highest BCUT2D eigenvalue weighted by Crippen LogP contribution is 2.27. The van der Waals surface area contributed by atoms with Gasteiger partial charge in [-0.25, -0.2) is 0 Å². The number of thioether (sulfide) groups is 1. The molecule has 1 amide bonds. The second-order valence-corrected chi connectivity index (χ2v) is 7.99. The minimum Gasteiger partial charge on any atom is -0.381 e. The van der Waals surface area contributed by atoms with Crippen molar-refractivity contribution in [2.75, 3.05) is 37.8 Å².